The highest BCUT2D eigenvalue weighted by Gasteiger charge is 2.63. The molecular weight excluding hydrogens is 297 g/mol. The maximum atomic E-state index is 12.6. The van der Waals surface area contributed by atoms with Gasteiger partial charge in [-0.05, 0) is 6.42 Å². The van der Waals surface area contributed by atoms with Crippen molar-refractivity contribution < 1.29 is 31.5 Å². The summed E-state index contributed by atoms with van der Waals surface area (Å²) in [6.45, 7) is 2.21. The highest BCUT2D eigenvalue weighted by Crippen LogP contribution is 2.35. The molecule has 0 aliphatic rings. The quantitative estimate of drug-likeness (QED) is 0.605. The summed E-state index contributed by atoms with van der Waals surface area (Å²) in [5, 5.41) is 1.45. The van der Waals surface area contributed by atoms with Gasteiger partial charge in [0.2, 0.25) is 0 Å². The summed E-state index contributed by atoms with van der Waals surface area (Å²) >= 11 is 5.30. The van der Waals surface area contributed by atoms with E-state index in [2.05, 4.69) is 0 Å². The fourth-order valence-electron chi connectivity index (χ4n) is 1.10. The molecule has 0 heterocycles. The van der Waals surface area contributed by atoms with E-state index in [0.717, 1.165) is 0 Å². The smallest absolute Gasteiger partial charge is 0.350 e. The Bertz CT molecular complexity index is 358. The van der Waals surface area contributed by atoms with E-state index >= 15 is 0 Å². The van der Waals surface area contributed by atoms with Crippen molar-refractivity contribution in [1.29, 1.82) is 0 Å². The summed E-state index contributed by atoms with van der Waals surface area (Å²) in [4.78, 5) is 22.3. The molecule has 0 radical (unpaired) electrons. The van der Waals surface area contributed by atoms with Crippen LogP contribution in [0.4, 0.5) is 22.0 Å². The van der Waals surface area contributed by atoms with Gasteiger partial charge in [-0.3, -0.25) is 9.59 Å². The van der Waals surface area contributed by atoms with Gasteiger partial charge in [-0.25, -0.2) is 0 Å². The second kappa shape index (κ2) is 6.02. The average Bonchev–Trinajstić information content (AvgIpc) is 2.32. The van der Waals surface area contributed by atoms with E-state index in [0.29, 0.717) is 0 Å². The highest BCUT2D eigenvalue weighted by atomic mass is 35.5. The van der Waals surface area contributed by atoms with Crippen LogP contribution >= 0.6 is 11.6 Å². The monoisotopic (exact) mass is 309 g/mol. The molecule has 19 heavy (non-hydrogen) atoms. The Hall–Kier alpha value is -0.920. The van der Waals surface area contributed by atoms with Gasteiger partial charge < -0.3 is 5.32 Å². The van der Waals surface area contributed by atoms with Gasteiger partial charge in [0.15, 0.2) is 5.78 Å². The summed E-state index contributed by atoms with van der Waals surface area (Å²) in [6, 6.07) is 0. The van der Waals surface area contributed by atoms with Gasteiger partial charge in [0.25, 0.3) is 5.91 Å². The van der Waals surface area contributed by atoms with Crippen LogP contribution in [0.15, 0.2) is 0 Å². The summed E-state index contributed by atoms with van der Waals surface area (Å²) in [7, 11) is 0. The van der Waals surface area contributed by atoms with Crippen molar-refractivity contribution in [2.24, 2.45) is 5.41 Å². The molecular formula is C10H13ClF5NO2. The number of amides is 1. The molecule has 0 fully saturated rings. The van der Waals surface area contributed by atoms with Gasteiger partial charge in [-0.1, -0.05) is 13.8 Å². The largest absolute Gasteiger partial charge is 0.463 e. The van der Waals surface area contributed by atoms with E-state index in [1.165, 1.54) is 19.2 Å². The Kier molecular flexibility index (Phi) is 5.73. The molecule has 1 atom stereocenters. The van der Waals surface area contributed by atoms with Crippen LogP contribution in [0, 0.1) is 5.41 Å². The van der Waals surface area contributed by atoms with Crippen molar-refractivity contribution in [2.45, 2.75) is 32.4 Å². The molecule has 0 aliphatic carbocycles. The van der Waals surface area contributed by atoms with Crippen LogP contribution in [0.3, 0.4) is 0 Å². The molecule has 0 aromatic rings. The van der Waals surface area contributed by atoms with Crippen LogP contribution in [-0.4, -0.2) is 36.2 Å². The number of nitrogens with one attached hydrogen (secondary N) is 1. The molecule has 0 bridgehead atoms. The number of alkyl halides is 6. The van der Waals surface area contributed by atoms with Crippen LogP contribution in [0.2, 0.25) is 0 Å². The molecule has 9 heteroatoms. The third-order valence-electron chi connectivity index (χ3n) is 2.86. The van der Waals surface area contributed by atoms with Crippen molar-refractivity contribution in [3.8, 4) is 0 Å². The molecule has 112 valence electrons. The lowest BCUT2D eigenvalue weighted by Gasteiger charge is -2.27. The molecule has 1 amide bonds. The minimum atomic E-state index is -5.98. The standard InChI is InChI=1S/C10H13ClF5NO2/c1-3-8(2,6(18)4-11)5-17-7(19)9(12,13)10(14,15)16/h3-5H2,1-2H3,(H,17,19). The molecule has 3 nitrogen and oxygen atoms in total. The second-order valence-corrected chi connectivity index (χ2v) is 4.49. The van der Waals surface area contributed by atoms with Crippen molar-refractivity contribution in [2.75, 3.05) is 12.4 Å². The Morgan fingerprint density at radius 2 is 1.63 bits per heavy atom. The predicted octanol–water partition coefficient (Wildman–Crippen LogP) is 2.52. The Morgan fingerprint density at radius 3 is 1.95 bits per heavy atom. The van der Waals surface area contributed by atoms with Gasteiger partial charge in [0.1, 0.15) is 0 Å². The van der Waals surface area contributed by atoms with E-state index in [4.69, 9.17) is 11.6 Å². The first kappa shape index (κ1) is 18.1. The summed E-state index contributed by atoms with van der Waals surface area (Å²) in [5.74, 6) is -8.95. The lowest BCUT2D eigenvalue weighted by Crippen LogP contribution is -2.53. The van der Waals surface area contributed by atoms with E-state index in [1.54, 1.807) is 0 Å². The summed E-state index contributed by atoms with van der Waals surface area (Å²) in [5.41, 5.74) is -1.28. The van der Waals surface area contributed by atoms with Crippen molar-refractivity contribution in [3.63, 3.8) is 0 Å². The topological polar surface area (TPSA) is 46.2 Å². The number of ketones is 1. The minimum Gasteiger partial charge on any atom is -0.350 e. The lowest BCUT2D eigenvalue weighted by atomic mass is 9.83. The molecule has 0 saturated carbocycles. The number of rotatable bonds is 6. The normalized spacial score (nSPS) is 15.8. The zero-order valence-electron chi connectivity index (χ0n) is 10.2. The first-order valence-corrected chi connectivity index (χ1v) is 5.78. The highest BCUT2D eigenvalue weighted by molar-refractivity contribution is 6.28. The van der Waals surface area contributed by atoms with Gasteiger partial charge >= 0.3 is 12.1 Å². The van der Waals surface area contributed by atoms with E-state index in [9.17, 15) is 31.5 Å². The van der Waals surface area contributed by atoms with Gasteiger partial charge in [0, 0.05) is 12.0 Å². The lowest BCUT2D eigenvalue weighted by molar-refractivity contribution is -0.269. The molecule has 0 rings (SSSR count). The van der Waals surface area contributed by atoms with Crippen LogP contribution in [0.25, 0.3) is 0 Å². The number of hydrogen-bond donors (Lipinski definition) is 1. The number of hydrogen-bond acceptors (Lipinski definition) is 2. The first-order valence-electron chi connectivity index (χ1n) is 5.24. The Morgan fingerprint density at radius 1 is 1.16 bits per heavy atom. The van der Waals surface area contributed by atoms with Gasteiger partial charge in [-0.15, -0.1) is 11.6 Å². The van der Waals surface area contributed by atoms with E-state index in [1.807, 2.05) is 0 Å². The number of halogens is 6. The van der Waals surface area contributed by atoms with Crippen molar-refractivity contribution in [1.82, 2.24) is 5.32 Å². The third-order valence-corrected chi connectivity index (χ3v) is 3.10. The van der Waals surface area contributed by atoms with Crippen LogP contribution in [0.1, 0.15) is 20.3 Å². The summed E-state index contributed by atoms with van der Waals surface area (Å²) in [6.07, 6.45) is -5.84. The Labute approximate surface area is 111 Å². The number of carbonyl (C=O) groups excluding carboxylic acids is 2. The molecule has 0 aliphatic heterocycles. The zero-order chi connectivity index (χ0) is 15.5. The molecule has 0 aromatic carbocycles. The zero-order valence-corrected chi connectivity index (χ0v) is 11.0. The van der Waals surface area contributed by atoms with Gasteiger partial charge in [0.05, 0.1) is 5.88 Å². The maximum Gasteiger partial charge on any atom is 0.463 e. The van der Waals surface area contributed by atoms with Crippen LogP contribution in [-0.2, 0) is 9.59 Å². The van der Waals surface area contributed by atoms with Crippen LogP contribution < -0.4 is 5.32 Å². The number of Topliss-reactive ketones (excluding diaryl/α,β-unsaturated/α-hetero) is 1. The SMILES string of the molecule is CCC(C)(CNC(=O)C(F)(F)C(F)(F)F)C(=O)CCl. The van der Waals surface area contributed by atoms with Gasteiger partial charge in [-0.2, -0.15) is 22.0 Å². The van der Waals surface area contributed by atoms with Crippen molar-refractivity contribution >= 4 is 23.3 Å². The molecule has 0 aromatic heterocycles. The molecule has 0 saturated heterocycles. The fraction of sp³-hybridized carbons (Fsp3) is 0.800. The molecule has 0 spiro atoms. The second-order valence-electron chi connectivity index (χ2n) is 4.23. The van der Waals surface area contributed by atoms with Crippen LogP contribution in [0.5, 0.6) is 0 Å². The van der Waals surface area contributed by atoms with E-state index < -0.39 is 41.6 Å². The fourth-order valence-corrected chi connectivity index (χ4v) is 1.42. The average molecular weight is 310 g/mol. The Balaban J connectivity index is 4.82. The maximum absolute atomic E-state index is 12.6. The number of carbonyl (C=O) groups is 2. The summed E-state index contributed by atoms with van der Waals surface area (Å²) < 4.78 is 61.0. The predicted molar refractivity (Wildman–Crippen MR) is 58.1 cm³/mol. The third kappa shape index (κ3) is 4.02. The molecule has 1 N–H and O–H groups in total. The van der Waals surface area contributed by atoms with E-state index in [-0.39, 0.29) is 6.42 Å². The minimum absolute atomic E-state index is 0.135. The first-order chi connectivity index (χ1) is 8.42. The molecule has 1 unspecified atom stereocenters. The van der Waals surface area contributed by atoms with Crippen molar-refractivity contribution in [3.05, 3.63) is 0 Å².